The predicted molar refractivity (Wildman–Crippen MR) is 59.6 cm³/mol. The van der Waals surface area contributed by atoms with Gasteiger partial charge in [0, 0.05) is 11.6 Å². The van der Waals surface area contributed by atoms with Gasteiger partial charge in [-0.15, -0.1) is 0 Å². The highest BCUT2D eigenvalue weighted by Gasteiger charge is 2.21. The lowest BCUT2D eigenvalue weighted by atomic mass is 9.93. The summed E-state index contributed by atoms with van der Waals surface area (Å²) in [5.41, 5.74) is 2.62. The van der Waals surface area contributed by atoms with Crippen LogP contribution >= 0.6 is 0 Å². The molecule has 0 aliphatic rings. The summed E-state index contributed by atoms with van der Waals surface area (Å²) in [6.07, 6.45) is 0. The first-order valence-electron chi connectivity index (χ1n) is 5.22. The summed E-state index contributed by atoms with van der Waals surface area (Å²) in [5.74, 6) is 2.67. The van der Waals surface area contributed by atoms with E-state index in [9.17, 15) is 0 Å². The molecule has 1 heterocycles. The summed E-state index contributed by atoms with van der Waals surface area (Å²) in [6, 6.07) is 0.396. The highest BCUT2D eigenvalue weighted by molar-refractivity contribution is 5.34. The highest BCUT2D eigenvalue weighted by atomic mass is 16.3. The Bertz CT molecular complexity index is 312. The number of aryl methyl sites for hydroxylation is 2. The molecule has 1 rings (SSSR count). The van der Waals surface area contributed by atoms with E-state index in [2.05, 4.69) is 26.1 Å². The molecule has 1 N–H and O–H groups in total. The Kier molecular flexibility index (Phi) is 3.38. The number of rotatable bonds is 3. The zero-order chi connectivity index (χ0) is 10.9. The molecule has 0 saturated carbocycles. The minimum absolute atomic E-state index is 0.396. The van der Waals surface area contributed by atoms with Gasteiger partial charge in [-0.2, -0.15) is 0 Å². The Hall–Kier alpha value is -0.760. The van der Waals surface area contributed by atoms with Gasteiger partial charge in [0.2, 0.25) is 0 Å². The first kappa shape index (κ1) is 11.3. The Morgan fingerprint density at radius 3 is 1.93 bits per heavy atom. The van der Waals surface area contributed by atoms with Gasteiger partial charge >= 0.3 is 0 Å². The van der Waals surface area contributed by atoms with Crippen molar-refractivity contribution in [2.45, 2.75) is 40.7 Å². The number of nitrogens with one attached hydrogen (secondary N) is 1. The Balaban J connectivity index is 3.15. The lowest BCUT2D eigenvalue weighted by Crippen LogP contribution is -2.22. The predicted octanol–water partition coefficient (Wildman–Crippen LogP) is 3.12. The lowest BCUT2D eigenvalue weighted by Gasteiger charge is -2.20. The molecule has 1 atom stereocenters. The summed E-state index contributed by atoms with van der Waals surface area (Å²) < 4.78 is 5.64. The molecule has 0 saturated heterocycles. The molecule has 0 radical (unpaired) electrons. The average Bonchev–Trinajstić information content (AvgIpc) is 2.32. The highest BCUT2D eigenvalue weighted by Crippen LogP contribution is 2.30. The van der Waals surface area contributed by atoms with Gasteiger partial charge in [-0.3, -0.25) is 0 Å². The maximum Gasteiger partial charge on any atom is 0.106 e. The lowest BCUT2D eigenvalue weighted by molar-refractivity contribution is 0.428. The van der Waals surface area contributed by atoms with E-state index in [1.165, 1.54) is 11.1 Å². The Morgan fingerprint density at radius 1 is 1.07 bits per heavy atom. The van der Waals surface area contributed by atoms with E-state index < -0.39 is 0 Å². The van der Waals surface area contributed by atoms with E-state index >= 15 is 0 Å². The molecular weight excluding hydrogens is 174 g/mol. The third-order valence-electron chi connectivity index (χ3n) is 2.91. The van der Waals surface area contributed by atoms with Crippen LogP contribution in [0, 0.1) is 26.7 Å². The van der Waals surface area contributed by atoms with E-state index in [0.29, 0.717) is 12.0 Å². The van der Waals surface area contributed by atoms with Crippen molar-refractivity contribution in [2.24, 2.45) is 5.92 Å². The van der Waals surface area contributed by atoms with E-state index in [1.54, 1.807) is 0 Å². The van der Waals surface area contributed by atoms with E-state index in [1.807, 2.05) is 20.9 Å². The molecule has 0 spiro atoms. The topological polar surface area (TPSA) is 25.2 Å². The fourth-order valence-electron chi connectivity index (χ4n) is 2.08. The van der Waals surface area contributed by atoms with Crippen LogP contribution in [-0.2, 0) is 0 Å². The molecule has 80 valence electrons. The van der Waals surface area contributed by atoms with Gasteiger partial charge in [0.05, 0.1) is 0 Å². The van der Waals surface area contributed by atoms with Crippen LogP contribution in [0.1, 0.15) is 42.5 Å². The molecule has 1 aromatic heterocycles. The van der Waals surface area contributed by atoms with E-state index in [4.69, 9.17) is 4.42 Å². The van der Waals surface area contributed by atoms with Crippen LogP contribution in [0.2, 0.25) is 0 Å². The second kappa shape index (κ2) is 4.18. The Labute approximate surface area is 86.7 Å². The van der Waals surface area contributed by atoms with Crippen LogP contribution < -0.4 is 5.32 Å². The normalized spacial score (nSPS) is 13.6. The van der Waals surface area contributed by atoms with Crippen molar-refractivity contribution in [1.29, 1.82) is 0 Å². The summed E-state index contributed by atoms with van der Waals surface area (Å²) in [5, 5.41) is 3.35. The third kappa shape index (κ3) is 1.85. The smallest absolute Gasteiger partial charge is 0.106 e. The second-order valence-electron chi connectivity index (χ2n) is 4.26. The first-order chi connectivity index (χ1) is 6.49. The molecule has 2 nitrogen and oxygen atoms in total. The molecule has 1 unspecified atom stereocenters. The van der Waals surface area contributed by atoms with Gasteiger partial charge < -0.3 is 9.73 Å². The third-order valence-corrected chi connectivity index (χ3v) is 2.91. The monoisotopic (exact) mass is 195 g/mol. The molecule has 0 aliphatic heterocycles. The standard InChI is InChI=1S/C12H21NO/c1-7(2)12(13-6)11-8(3)9(4)14-10(11)5/h7,12-13H,1-6H3. The van der Waals surface area contributed by atoms with Crippen molar-refractivity contribution in [3.8, 4) is 0 Å². The summed E-state index contributed by atoms with van der Waals surface area (Å²) in [6.45, 7) is 10.7. The van der Waals surface area contributed by atoms with Crippen LogP contribution in [0.5, 0.6) is 0 Å². The SMILES string of the molecule is CNC(c1c(C)oc(C)c1C)C(C)C. The average molecular weight is 195 g/mol. The van der Waals surface area contributed by atoms with Crippen molar-refractivity contribution in [3.63, 3.8) is 0 Å². The fourth-order valence-corrected chi connectivity index (χ4v) is 2.08. The van der Waals surface area contributed by atoms with Gasteiger partial charge in [-0.25, -0.2) is 0 Å². The fraction of sp³-hybridized carbons (Fsp3) is 0.667. The van der Waals surface area contributed by atoms with E-state index in [0.717, 1.165) is 11.5 Å². The largest absolute Gasteiger partial charge is 0.466 e. The molecule has 2 heteroatoms. The number of furan rings is 1. The van der Waals surface area contributed by atoms with Crippen LogP contribution in [0.4, 0.5) is 0 Å². The molecule has 0 aliphatic carbocycles. The van der Waals surface area contributed by atoms with Gasteiger partial charge in [-0.1, -0.05) is 13.8 Å². The number of hydrogen-bond donors (Lipinski definition) is 1. The van der Waals surface area contributed by atoms with Crippen molar-refractivity contribution >= 4 is 0 Å². The second-order valence-corrected chi connectivity index (χ2v) is 4.26. The van der Waals surface area contributed by atoms with Crippen molar-refractivity contribution < 1.29 is 4.42 Å². The zero-order valence-electron chi connectivity index (χ0n) is 10.1. The summed E-state index contributed by atoms with van der Waals surface area (Å²) in [4.78, 5) is 0. The maximum atomic E-state index is 5.64. The van der Waals surface area contributed by atoms with Crippen molar-refractivity contribution in [2.75, 3.05) is 7.05 Å². The minimum atomic E-state index is 0.396. The molecule has 1 aromatic rings. The molecule has 0 amide bonds. The number of hydrogen-bond acceptors (Lipinski definition) is 2. The van der Waals surface area contributed by atoms with Crippen molar-refractivity contribution in [3.05, 3.63) is 22.6 Å². The molecule has 0 bridgehead atoms. The van der Waals surface area contributed by atoms with Gasteiger partial charge in [0.15, 0.2) is 0 Å². The summed E-state index contributed by atoms with van der Waals surface area (Å²) >= 11 is 0. The van der Waals surface area contributed by atoms with Gasteiger partial charge in [0.1, 0.15) is 11.5 Å². The van der Waals surface area contributed by atoms with Crippen LogP contribution in [-0.4, -0.2) is 7.05 Å². The Morgan fingerprint density at radius 2 is 1.64 bits per heavy atom. The maximum absolute atomic E-state index is 5.64. The first-order valence-corrected chi connectivity index (χ1v) is 5.22. The van der Waals surface area contributed by atoms with Crippen LogP contribution in [0.15, 0.2) is 4.42 Å². The minimum Gasteiger partial charge on any atom is -0.466 e. The van der Waals surface area contributed by atoms with Crippen LogP contribution in [0.3, 0.4) is 0 Å². The van der Waals surface area contributed by atoms with Crippen molar-refractivity contribution in [1.82, 2.24) is 5.32 Å². The molecule has 0 aromatic carbocycles. The van der Waals surface area contributed by atoms with Gasteiger partial charge in [0.25, 0.3) is 0 Å². The van der Waals surface area contributed by atoms with Gasteiger partial charge in [-0.05, 0) is 39.3 Å². The molecule has 14 heavy (non-hydrogen) atoms. The molecule has 0 fully saturated rings. The quantitative estimate of drug-likeness (QED) is 0.801. The molecular formula is C12H21NO. The zero-order valence-corrected chi connectivity index (χ0v) is 10.1. The van der Waals surface area contributed by atoms with Crippen LogP contribution in [0.25, 0.3) is 0 Å². The summed E-state index contributed by atoms with van der Waals surface area (Å²) in [7, 11) is 2.01. The van der Waals surface area contributed by atoms with E-state index in [-0.39, 0.29) is 0 Å².